The van der Waals surface area contributed by atoms with E-state index in [1.165, 1.54) is 5.56 Å². The SMILES string of the molecule is Cc1noc(C)c1CN1CCN(C(C)C(=O)Nc2ncccn2)CC1. The quantitative estimate of drug-likeness (QED) is 0.873. The second kappa shape index (κ2) is 7.71. The molecule has 1 fully saturated rings. The summed E-state index contributed by atoms with van der Waals surface area (Å²) in [5.74, 6) is 1.15. The van der Waals surface area contributed by atoms with Gasteiger partial charge in [0.15, 0.2) is 0 Å². The number of aromatic nitrogens is 3. The summed E-state index contributed by atoms with van der Waals surface area (Å²) in [6, 6.07) is 1.50. The van der Waals surface area contributed by atoms with Gasteiger partial charge in [0.2, 0.25) is 11.9 Å². The number of nitrogens with zero attached hydrogens (tertiary/aromatic N) is 5. The van der Waals surface area contributed by atoms with Gasteiger partial charge in [0.05, 0.1) is 11.7 Å². The molecule has 1 saturated heterocycles. The summed E-state index contributed by atoms with van der Waals surface area (Å²) >= 11 is 0. The van der Waals surface area contributed by atoms with E-state index in [1.54, 1.807) is 18.5 Å². The van der Waals surface area contributed by atoms with Crippen molar-refractivity contribution in [3.63, 3.8) is 0 Å². The first-order chi connectivity index (χ1) is 12.0. The normalized spacial score (nSPS) is 17.4. The van der Waals surface area contributed by atoms with E-state index in [0.29, 0.717) is 5.95 Å². The summed E-state index contributed by atoms with van der Waals surface area (Å²) in [6.07, 6.45) is 3.22. The lowest BCUT2D eigenvalue weighted by molar-refractivity contribution is -0.121. The third-order valence-corrected chi connectivity index (χ3v) is 4.70. The van der Waals surface area contributed by atoms with Gasteiger partial charge in [-0.3, -0.25) is 19.9 Å². The van der Waals surface area contributed by atoms with E-state index < -0.39 is 0 Å². The van der Waals surface area contributed by atoms with Crippen molar-refractivity contribution in [2.45, 2.75) is 33.4 Å². The lowest BCUT2D eigenvalue weighted by atomic mass is 10.1. The van der Waals surface area contributed by atoms with Crippen LogP contribution in [0.3, 0.4) is 0 Å². The maximum absolute atomic E-state index is 12.4. The fraction of sp³-hybridized carbons (Fsp3) is 0.529. The van der Waals surface area contributed by atoms with Crippen LogP contribution in [0, 0.1) is 13.8 Å². The number of hydrogen-bond donors (Lipinski definition) is 1. The smallest absolute Gasteiger partial charge is 0.243 e. The first-order valence-electron chi connectivity index (χ1n) is 8.50. The highest BCUT2D eigenvalue weighted by molar-refractivity contribution is 5.93. The van der Waals surface area contributed by atoms with E-state index in [0.717, 1.165) is 44.2 Å². The molecule has 8 nitrogen and oxygen atoms in total. The Bertz CT molecular complexity index is 690. The standard InChI is InChI=1S/C17H24N6O2/c1-12-15(14(3)25-21-12)11-22-7-9-23(10-8-22)13(2)16(24)20-17-18-5-4-6-19-17/h4-6,13H,7-11H2,1-3H3,(H,18,19,20,24). The molecule has 1 N–H and O–H groups in total. The van der Waals surface area contributed by atoms with Crippen molar-refractivity contribution in [3.05, 3.63) is 35.5 Å². The summed E-state index contributed by atoms with van der Waals surface area (Å²) < 4.78 is 5.23. The second-order valence-electron chi connectivity index (χ2n) is 6.35. The Kier molecular flexibility index (Phi) is 5.40. The number of nitrogens with one attached hydrogen (secondary N) is 1. The van der Waals surface area contributed by atoms with E-state index in [-0.39, 0.29) is 11.9 Å². The number of carbonyl (C=O) groups is 1. The van der Waals surface area contributed by atoms with Gasteiger partial charge in [0.1, 0.15) is 5.76 Å². The molecule has 3 heterocycles. The Morgan fingerprint density at radius 3 is 2.52 bits per heavy atom. The van der Waals surface area contributed by atoms with Crippen LogP contribution in [0.25, 0.3) is 0 Å². The van der Waals surface area contributed by atoms with Gasteiger partial charge in [0.25, 0.3) is 0 Å². The summed E-state index contributed by atoms with van der Waals surface area (Å²) in [6.45, 7) is 10.2. The molecule has 2 aromatic heterocycles. The minimum absolute atomic E-state index is 0.0784. The summed E-state index contributed by atoms with van der Waals surface area (Å²) in [7, 11) is 0. The highest BCUT2D eigenvalue weighted by Gasteiger charge is 2.26. The lowest BCUT2D eigenvalue weighted by Gasteiger charge is -2.37. The fourth-order valence-electron chi connectivity index (χ4n) is 3.00. The highest BCUT2D eigenvalue weighted by Crippen LogP contribution is 2.17. The van der Waals surface area contributed by atoms with E-state index in [4.69, 9.17) is 4.52 Å². The molecule has 25 heavy (non-hydrogen) atoms. The maximum Gasteiger partial charge on any atom is 0.243 e. The van der Waals surface area contributed by atoms with Gasteiger partial charge in [-0.2, -0.15) is 0 Å². The van der Waals surface area contributed by atoms with Gasteiger partial charge < -0.3 is 4.52 Å². The Morgan fingerprint density at radius 1 is 1.24 bits per heavy atom. The van der Waals surface area contributed by atoms with Crippen LogP contribution in [0.15, 0.2) is 23.0 Å². The van der Waals surface area contributed by atoms with E-state index in [1.807, 2.05) is 20.8 Å². The average molecular weight is 344 g/mol. The molecule has 0 saturated carbocycles. The average Bonchev–Trinajstić information content (AvgIpc) is 2.94. The van der Waals surface area contributed by atoms with Crippen LogP contribution < -0.4 is 5.32 Å². The molecule has 1 unspecified atom stereocenters. The third kappa shape index (κ3) is 4.21. The number of piperazine rings is 1. The van der Waals surface area contributed by atoms with E-state index in [9.17, 15) is 4.79 Å². The Balaban J connectivity index is 1.50. The monoisotopic (exact) mass is 344 g/mol. The van der Waals surface area contributed by atoms with Gasteiger partial charge >= 0.3 is 0 Å². The summed E-state index contributed by atoms with van der Waals surface area (Å²) in [4.78, 5) is 25.0. The van der Waals surface area contributed by atoms with Crippen molar-refractivity contribution >= 4 is 11.9 Å². The molecule has 134 valence electrons. The Hall–Kier alpha value is -2.32. The van der Waals surface area contributed by atoms with E-state index >= 15 is 0 Å². The first-order valence-corrected chi connectivity index (χ1v) is 8.50. The van der Waals surface area contributed by atoms with Crippen molar-refractivity contribution < 1.29 is 9.32 Å². The third-order valence-electron chi connectivity index (χ3n) is 4.70. The lowest BCUT2D eigenvalue weighted by Crippen LogP contribution is -2.52. The van der Waals surface area contributed by atoms with E-state index in [2.05, 4.69) is 30.2 Å². The number of aryl methyl sites for hydroxylation is 2. The summed E-state index contributed by atoms with van der Waals surface area (Å²) in [5.41, 5.74) is 2.12. The zero-order valence-electron chi connectivity index (χ0n) is 14.9. The summed E-state index contributed by atoms with van der Waals surface area (Å²) in [5, 5.41) is 6.78. The fourth-order valence-corrected chi connectivity index (χ4v) is 3.00. The van der Waals surface area contributed by atoms with Crippen LogP contribution in [0.2, 0.25) is 0 Å². The van der Waals surface area contributed by atoms with Gasteiger partial charge in [-0.05, 0) is 26.8 Å². The van der Waals surface area contributed by atoms with Gasteiger partial charge in [-0.25, -0.2) is 9.97 Å². The molecule has 1 aliphatic rings. The number of rotatable bonds is 5. The number of amides is 1. The highest BCUT2D eigenvalue weighted by atomic mass is 16.5. The molecule has 0 aromatic carbocycles. The minimum atomic E-state index is -0.218. The topological polar surface area (TPSA) is 87.4 Å². The zero-order valence-corrected chi connectivity index (χ0v) is 14.9. The van der Waals surface area contributed by atoms with Crippen molar-refractivity contribution in [1.29, 1.82) is 0 Å². The molecule has 0 spiro atoms. The maximum atomic E-state index is 12.4. The first kappa shape index (κ1) is 17.5. The minimum Gasteiger partial charge on any atom is -0.361 e. The van der Waals surface area contributed by atoms with Crippen molar-refractivity contribution in [3.8, 4) is 0 Å². The molecule has 0 radical (unpaired) electrons. The van der Waals surface area contributed by atoms with Crippen LogP contribution in [0.1, 0.15) is 23.9 Å². The van der Waals surface area contributed by atoms with Crippen LogP contribution in [-0.4, -0.2) is 63.1 Å². The molecule has 2 aromatic rings. The molecule has 1 atom stereocenters. The number of carbonyl (C=O) groups excluding carboxylic acids is 1. The van der Waals surface area contributed by atoms with Crippen LogP contribution in [0.5, 0.6) is 0 Å². The van der Waals surface area contributed by atoms with Crippen LogP contribution in [0.4, 0.5) is 5.95 Å². The van der Waals surface area contributed by atoms with Crippen molar-refractivity contribution in [2.24, 2.45) is 0 Å². The van der Waals surface area contributed by atoms with Crippen molar-refractivity contribution in [2.75, 3.05) is 31.5 Å². The molecule has 0 bridgehead atoms. The van der Waals surface area contributed by atoms with Crippen LogP contribution in [-0.2, 0) is 11.3 Å². The molecule has 8 heteroatoms. The molecule has 0 aliphatic carbocycles. The second-order valence-corrected chi connectivity index (χ2v) is 6.35. The number of anilines is 1. The van der Waals surface area contributed by atoms with Gasteiger partial charge in [0, 0.05) is 50.7 Å². The zero-order chi connectivity index (χ0) is 17.8. The largest absolute Gasteiger partial charge is 0.361 e. The van der Waals surface area contributed by atoms with Crippen molar-refractivity contribution in [1.82, 2.24) is 24.9 Å². The van der Waals surface area contributed by atoms with Gasteiger partial charge in [-0.1, -0.05) is 5.16 Å². The molecular formula is C17H24N6O2. The molecule has 1 amide bonds. The molecule has 1 aliphatic heterocycles. The van der Waals surface area contributed by atoms with Crippen LogP contribution >= 0.6 is 0 Å². The number of hydrogen-bond acceptors (Lipinski definition) is 7. The molecular weight excluding hydrogens is 320 g/mol. The Labute approximate surface area is 147 Å². The van der Waals surface area contributed by atoms with Gasteiger partial charge in [-0.15, -0.1) is 0 Å². The predicted molar refractivity (Wildman–Crippen MR) is 93.0 cm³/mol. The predicted octanol–water partition coefficient (Wildman–Crippen LogP) is 1.23. The molecule has 3 rings (SSSR count). The Morgan fingerprint density at radius 2 is 1.92 bits per heavy atom.